The molecule has 2 aromatic heterocycles. The molecule has 1 aliphatic carbocycles. The second kappa shape index (κ2) is 6.44. The summed E-state index contributed by atoms with van der Waals surface area (Å²) in [6.45, 7) is 2.22. The van der Waals surface area contributed by atoms with Crippen molar-refractivity contribution in [1.82, 2.24) is 14.5 Å². The van der Waals surface area contributed by atoms with Crippen LogP contribution in [0.5, 0.6) is 5.88 Å². The smallest absolute Gasteiger partial charge is 0.215 e. The van der Waals surface area contributed by atoms with Crippen molar-refractivity contribution < 1.29 is 4.74 Å². The summed E-state index contributed by atoms with van der Waals surface area (Å²) in [4.78, 5) is 9.26. The minimum Gasteiger partial charge on any atom is -0.481 e. The van der Waals surface area contributed by atoms with E-state index in [9.17, 15) is 0 Å². The lowest BCUT2D eigenvalue weighted by atomic mass is 10.2. The molecule has 0 saturated heterocycles. The monoisotopic (exact) mass is 325 g/mol. The van der Waals surface area contributed by atoms with Crippen LogP contribution in [0.4, 0.5) is 0 Å². The van der Waals surface area contributed by atoms with Crippen molar-refractivity contribution in [3.63, 3.8) is 0 Å². The highest BCUT2D eigenvalue weighted by Crippen LogP contribution is 2.40. The second-order valence-corrected chi connectivity index (χ2v) is 7.00. The van der Waals surface area contributed by atoms with Crippen LogP contribution in [0.1, 0.15) is 38.1 Å². The number of aromatic nitrogens is 3. The molecule has 21 heavy (non-hydrogen) atoms. The molecule has 6 heteroatoms. The molecule has 0 spiro atoms. The lowest BCUT2D eigenvalue weighted by Crippen LogP contribution is -2.18. The Hall–Kier alpha value is -0.940. The zero-order valence-electron chi connectivity index (χ0n) is 12.4. The average molecular weight is 326 g/mol. The maximum atomic E-state index is 6.13. The molecule has 2 unspecified atom stereocenters. The molecule has 0 bridgehead atoms. The number of thioether (sulfide) groups is 1. The van der Waals surface area contributed by atoms with Crippen LogP contribution in [-0.4, -0.2) is 32.6 Å². The summed E-state index contributed by atoms with van der Waals surface area (Å²) in [5, 5.41) is 0.627. The minimum absolute atomic E-state index is 0.415. The number of fused-ring (bicyclic) bond motifs is 1. The van der Waals surface area contributed by atoms with Crippen molar-refractivity contribution in [1.29, 1.82) is 0 Å². The number of pyridine rings is 1. The van der Waals surface area contributed by atoms with Gasteiger partial charge in [-0.05, 0) is 24.7 Å². The summed E-state index contributed by atoms with van der Waals surface area (Å²) in [7, 11) is 1.64. The number of imidazole rings is 1. The Morgan fingerprint density at radius 1 is 1.38 bits per heavy atom. The fourth-order valence-corrected chi connectivity index (χ4v) is 4.60. The number of alkyl halides is 1. The van der Waals surface area contributed by atoms with Crippen LogP contribution in [0.2, 0.25) is 0 Å². The Bertz CT molecular complexity index is 631. The van der Waals surface area contributed by atoms with E-state index in [1.54, 1.807) is 7.11 Å². The number of nitrogens with zero attached hydrogens (tertiary/aromatic N) is 3. The van der Waals surface area contributed by atoms with Crippen molar-refractivity contribution in [3.05, 3.63) is 18.0 Å². The third-order valence-corrected chi connectivity index (χ3v) is 5.59. The van der Waals surface area contributed by atoms with E-state index < -0.39 is 0 Å². The normalized spacial score (nSPS) is 22.0. The van der Waals surface area contributed by atoms with Gasteiger partial charge < -0.3 is 9.30 Å². The van der Waals surface area contributed by atoms with Gasteiger partial charge in [-0.15, -0.1) is 11.6 Å². The summed E-state index contributed by atoms with van der Waals surface area (Å²) in [6.07, 6.45) is 3.69. The molecule has 0 aliphatic heterocycles. The molecule has 0 N–H and O–H groups in total. The molecule has 0 amide bonds. The van der Waals surface area contributed by atoms with Crippen molar-refractivity contribution in [2.75, 3.05) is 12.9 Å². The Labute approximate surface area is 134 Å². The molecule has 2 aromatic rings. The van der Waals surface area contributed by atoms with Gasteiger partial charge in [0.1, 0.15) is 11.3 Å². The third-order valence-electron chi connectivity index (χ3n) is 4.04. The van der Waals surface area contributed by atoms with E-state index in [0.29, 0.717) is 23.1 Å². The Kier molecular flexibility index (Phi) is 4.60. The zero-order chi connectivity index (χ0) is 14.8. The molecule has 0 aromatic carbocycles. The molecular formula is C15H20ClN3OS. The lowest BCUT2D eigenvalue weighted by Gasteiger charge is -2.22. The number of methoxy groups -OCH3 is 1. The van der Waals surface area contributed by atoms with Crippen LogP contribution < -0.4 is 4.74 Å². The summed E-state index contributed by atoms with van der Waals surface area (Å²) in [5.41, 5.74) is 1.80. The summed E-state index contributed by atoms with van der Waals surface area (Å²) < 4.78 is 7.52. The van der Waals surface area contributed by atoms with Gasteiger partial charge in [-0.3, -0.25) is 0 Å². The molecule has 3 rings (SSSR count). The molecule has 0 radical (unpaired) electrons. The number of ether oxygens (including phenoxy) is 1. The van der Waals surface area contributed by atoms with E-state index in [-0.39, 0.29) is 0 Å². The van der Waals surface area contributed by atoms with Crippen LogP contribution in [0.3, 0.4) is 0 Å². The number of hydrogen-bond acceptors (Lipinski definition) is 4. The lowest BCUT2D eigenvalue weighted by molar-refractivity contribution is 0.398. The fraction of sp³-hybridized carbons (Fsp3) is 0.600. The molecule has 1 aliphatic rings. The SMILES string of the molecule is CCSC1CCCC1n1c(CCl)nc2ccc(OC)nc21. The van der Waals surface area contributed by atoms with E-state index in [1.165, 1.54) is 19.3 Å². The first-order valence-electron chi connectivity index (χ1n) is 7.38. The molecule has 2 atom stereocenters. The maximum Gasteiger partial charge on any atom is 0.215 e. The molecule has 4 nitrogen and oxygen atoms in total. The molecule has 114 valence electrons. The van der Waals surface area contributed by atoms with Gasteiger partial charge in [0.15, 0.2) is 5.65 Å². The van der Waals surface area contributed by atoms with Crippen molar-refractivity contribution >= 4 is 34.5 Å². The number of rotatable bonds is 5. The quantitative estimate of drug-likeness (QED) is 0.778. The van der Waals surface area contributed by atoms with Crippen LogP contribution in [-0.2, 0) is 5.88 Å². The van der Waals surface area contributed by atoms with Crippen LogP contribution in [0.15, 0.2) is 12.1 Å². The predicted octanol–water partition coefficient (Wildman–Crippen LogP) is 4.03. The van der Waals surface area contributed by atoms with Gasteiger partial charge in [-0.2, -0.15) is 16.7 Å². The number of hydrogen-bond donors (Lipinski definition) is 0. The second-order valence-electron chi connectivity index (χ2n) is 5.22. The maximum absolute atomic E-state index is 6.13. The standard InChI is InChI=1S/C15H20ClN3OS/c1-3-21-12-6-4-5-11(12)19-13(9-16)17-10-7-8-14(20-2)18-15(10)19/h7-8,11-12H,3-6,9H2,1-2H3. The highest BCUT2D eigenvalue weighted by Gasteiger charge is 2.31. The van der Waals surface area contributed by atoms with Gasteiger partial charge in [0.2, 0.25) is 5.88 Å². The first kappa shape index (κ1) is 15.0. The van der Waals surface area contributed by atoms with Crippen molar-refractivity contribution in [2.24, 2.45) is 0 Å². The highest BCUT2D eigenvalue weighted by molar-refractivity contribution is 7.99. The molecule has 2 heterocycles. The largest absolute Gasteiger partial charge is 0.481 e. The number of halogens is 1. The van der Waals surface area contributed by atoms with Gasteiger partial charge in [0, 0.05) is 17.4 Å². The van der Waals surface area contributed by atoms with Crippen molar-refractivity contribution in [3.8, 4) is 5.88 Å². The van der Waals surface area contributed by atoms with E-state index in [4.69, 9.17) is 16.3 Å². The van der Waals surface area contributed by atoms with E-state index in [2.05, 4.69) is 21.5 Å². The minimum atomic E-state index is 0.415. The van der Waals surface area contributed by atoms with Gasteiger partial charge in [-0.1, -0.05) is 13.3 Å². The first-order valence-corrected chi connectivity index (χ1v) is 8.96. The Morgan fingerprint density at radius 3 is 2.95 bits per heavy atom. The topological polar surface area (TPSA) is 39.9 Å². The molecular weight excluding hydrogens is 306 g/mol. The third kappa shape index (κ3) is 2.73. The van der Waals surface area contributed by atoms with Gasteiger partial charge in [-0.25, -0.2) is 4.98 Å². The summed E-state index contributed by atoms with van der Waals surface area (Å²) in [6, 6.07) is 4.25. The van der Waals surface area contributed by atoms with Gasteiger partial charge in [0.25, 0.3) is 0 Å². The fourth-order valence-electron chi connectivity index (χ4n) is 3.17. The summed E-state index contributed by atoms with van der Waals surface area (Å²) in [5.74, 6) is 3.10. The highest BCUT2D eigenvalue weighted by atomic mass is 35.5. The Balaban J connectivity index is 2.10. The van der Waals surface area contributed by atoms with Gasteiger partial charge in [0.05, 0.1) is 13.0 Å². The van der Waals surface area contributed by atoms with Gasteiger partial charge >= 0.3 is 0 Å². The zero-order valence-corrected chi connectivity index (χ0v) is 14.0. The van der Waals surface area contributed by atoms with E-state index in [1.807, 2.05) is 23.9 Å². The first-order chi connectivity index (χ1) is 10.3. The summed E-state index contributed by atoms with van der Waals surface area (Å²) >= 11 is 8.16. The van der Waals surface area contributed by atoms with Crippen molar-refractivity contribution in [2.45, 2.75) is 43.4 Å². The molecule has 1 fully saturated rings. The predicted molar refractivity (Wildman–Crippen MR) is 88.4 cm³/mol. The Morgan fingerprint density at radius 2 is 2.24 bits per heavy atom. The van der Waals surface area contributed by atoms with E-state index >= 15 is 0 Å². The van der Waals surface area contributed by atoms with E-state index in [0.717, 1.165) is 22.7 Å². The average Bonchev–Trinajstić information content (AvgIpc) is 3.10. The molecule has 1 saturated carbocycles. The van der Waals surface area contributed by atoms with Crippen LogP contribution in [0, 0.1) is 0 Å². The van der Waals surface area contributed by atoms with Crippen LogP contribution >= 0.6 is 23.4 Å². The van der Waals surface area contributed by atoms with Crippen LogP contribution in [0.25, 0.3) is 11.2 Å².